The second-order valence-corrected chi connectivity index (χ2v) is 9.50. The zero-order chi connectivity index (χ0) is 23.0. The average Bonchev–Trinajstić information content (AvgIpc) is 3.03. The second kappa shape index (κ2) is 8.47. The van der Waals surface area contributed by atoms with Gasteiger partial charge in [-0.25, -0.2) is 22.0 Å². The number of carbonyl (C=O) groups excluding carboxylic acids is 1. The number of sulfonamides is 1. The van der Waals surface area contributed by atoms with Gasteiger partial charge in [-0.1, -0.05) is 12.1 Å². The van der Waals surface area contributed by atoms with Gasteiger partial charge in [0.05, 0.1) is 11.0 Å². The molecule has 0 atom stereocenters. The lowest BCUT2D eigenvalue weighted by Crippen LogP contribution is -2.50. The van der Waals surface area contributed by atoms with Gasteiger partial charge < -0.3 is 4.90 Å². The van der Waals surface area contributed by atoms with Crippen LogP contribution in [0.25, 0.3) is 11.0 Å². The number of rotatable bonds is 5. The molecule has 8 nitrogen and oxygen atoms in total. The first-order chi connectivity index (χ1) is 15.2. The van der Waals surface area contributed by atoms with Gasteiger partial charge in [-0.3, -0.25) is 13.9 Å². The first-order valence-electron chi connectivity index (χ1n) is 10.1. The Morgan fingerprint density at radius 2 is 1.66 bits per heavy atom. The van der Waals surface area contributed by atoms with Crippen molar-refractivity contribution < 1.29 is 22.0 Å². The predicted molar refractivity (Wildman–Crippen MR) is 113 cm³/mol. The van der Waals surface area contributed by atoms with Gasteiger partial charge in [-0.05, 0) is 30.3 Å². The largest absolute Gasteiger partial charge is 0.340 e. The minimum absolute atomic E-state index is 0.0295. The van der Waals surface area contributed by atoms with Crippen LogP contribution in [0.1, 0.15) is 6.42 Å². The Balaban J connectivity index is 1.41. The molecular weight excluding hydrogens is 442 g/mol. The Morgan fingerprint density at radius 1 is 1.00 bits per heavy atom. The summed E-state index contributed by atoms with van der Waals surface area (Å²) in [6.45, 7) is 0.390. The van der Waals surface area contributed by atoms with Crippen LogP contribution in [0, 0.1) is 11.6 Å². The smallest absolute Gasteiger partial charge is 0.328 e. The first-order valence-corrected chi connectivity index (χ1v) is 11.5. The van der Waals surface area contributed by atoms with Crippen LogP contribution in [0.5, 0.6) is 0 Å². The van der Waals surface area contributed by atoms with E-state index in [9.17, 15) is 26.8 Å². The van der Waals surface area contributed by atoms with E-state index >= 15 is 0 Å². The summed E-state index contributed by atoms with van der Waals surface area (Å²) in [5.41, 5.74) is 1.29. The summed E-state index contributed by atoms with van der Waals surface area (Å²) >= 11 is 0. The number of fused-ring (bicyclic) bond motifs is 1. The molecular formula is C21H22F2N4O4S. The number of hydrogen-bond acceptors (Lipinski definition) is 4. The zero-order valence-corrected chi connectivity index (χ0v) is 18.2. The summed E-state index contributed by atoms with van der Waals surface area (Å²) in [4.78, 5) is 26.0. The third-order valence-electron chi connectivity index (χ3n) is 5.70. The number of aryl methyl sites for hydroxylation is 2. The van der Waals surface area contributed by atoms with E-state index in [1.54, 1.807) is 11.6 Å². The number of halogens is 2. The molecule has 0 spiro atoms. The van der Waals surface area contributed by atoms with Crippen molar-refractivity contribution in [1.29, 1.82) is 0 Å². The maximum atomic E-state index is 14.0. The topological polar surface area (TPSA) is 84.6 Å². The molecule has 170 valence electrons. The molecule has 1 aliphatic heterocycles. The van der Waals surface area contributed by atoms with Gasteiger partial charge in [0.25, 0.3) is 0 Å². The number of benzene rings is 2. The van der Waals surface area contributed by atoms with Crippen LogP contribution in [-0.4, -0.2) is 58.8 Å². The van der Waals surface area contributed by atoms with E-state index in [0.29, 0.717) is 6.07 Å². The number of imidazole rings is 1. The van der Waals surface area contributed by atoms with Crippen LogP contribution in [0.2, 0.25) is 0 Å². The second-order valence-electron chi connectivity index (χ2n) is 7.59. The van der Waals surface area contributed by atoms with Crippen molar-refractivity contribution in [2.75, 3.05) is 26.2 Å². The monoisotopic (exact) mass is 464 g/mol. The molecule has 1 amide bonds. The van der Waals surface area contributed by atoms with Crippen molar-refractivity contribution >= 4 is 27.0 Å². The number of amides is 1. The van der Waals surface area contributed by atoms with E-state index in [-0.39, 0.29) is 50.7 Å². The molecule has 3 aromatic rings. The molecule has 2 aromatic carbocycles. The van der Waals surface area contributed by atoms with Crippen molar-refractivity contribution in [3.05, 3.63) is 64.6 Å². The van der Waals surface area contributed by atoms with Crippen molar-refractivity contribution in [2.24, 2.45) is 7.05 Å². The van der Waals surface area contributed by atoms with Gasteiger partial charge in [-0.2, -0.15) is 4.31 Å². The summed E-state index contributed by atoms with van der Waals surface area (Å²) in [6, 6.07) is 9.59. The molecule has 2 heterocycles. The van der Waals surface area contributed by atoms with E-state index in [1.807, 2.05) is 24.3 Å². The molecule has 32 heavy (non-hydrogen) atoms. The molecule has 0 N–H and O–H groups in total. The average molecular weight is 464 g/mol. The van der Waals surface area contributed by atoms with Crippen LogP contribution in [0.3, 0.4) is 0 Å². The number of piperazine rings is 1. The molecule has 4 rings (SSSR count). The van der Waals surface area contributed by atoms with Gasteiger partial charge in [0, 0.05) is 46.2 Å². The van der Waals surface area contributed by atoms with E-state index in [1.165, 1.54) is 9.47 Å². The fourth-order valence-corrected chi connectivity index (χ4v) is 5.43. The van der Waals surface area contributed by atoms with Gasteiger partial charge >= 0.3 is 5.69 Å². The van der Waals surface area contributed by atoms with Crippen LogP contribution < -0.4 is 5.69 Å². The van der Waals surface area contributed by atoms with Gasteiger partial charge in [-0.15, -0.1) is 0 Å². The fourth-order valence-electron chi connectivity index (χ4n) is 3.94. The Kier molecular flexibility index (Phi) is 5.87. The Morgan fingerprint density at radius 3 is 2.34 bits per heavy atom. The van der Waals surface area contributed by atoms with Crippen molar-refractivity contribution in [3.8, 4) is 0 Å². The van der Waals surface area contributed by atoms with Crippen LogP contribution in [0.4, 0.5) is 8.78 Å². The Labute approximate surface area is 183 Å². The maximum absolute atomic E-state index is 14.0. The van der Waals surface area contributed by atoms with Crippen LogP contribution >= 0.6 is 0 Å². The van der Waals surface area contributed by atoms with E-state index in [2.05, 4.69) is 0 Å². The third-order valence-corrected chi connectivity index (χ3v) is 7.62. The fraction of sp³-hybridized carbons (Fsp3) is 0.333. The van der Waals surface area contributed by atoms with Gasteiger partial charge in [0.2, 0.25) is 15.9 Å². The molecule has 0 unspecified atom stereocenters. The van der Waals surface area contributed by atoms with Crippen molar-refractivity contribution in [2.45, 2.75) is 17.9 Å². The van der Waals surface area contributed by atoms with Crippen molar-refractivity contribution in [3.63, 3.8) is 0 Å². The SMILES string of the molecule is Cn1c(=O)n(CCC(=O)N2CCN(S(=O)(=O)c3cc(F)ccc3F)CC2)c2ccccc21. The number of carbonyl (C=O) groups is 1. The highest BCUT2D eigenvalue weighted by Gasteiger charge is 2.32. The minimum atomic E-state index is -4.21. The van der Waals surface area contributed by atoms with Crippen LogP contribution in [0.15, 0.2) is 52.2 Å². The summed E-state index contributed by atoms with van der Waals surface area (Å²) < 4.78 is 56.9. The van der Waals surface area contributed by atoms with Crippen LogP contribution in [-0.2, 0) is 28.4 Å². The number of aromatic nitrogens is 2. The lowest BCUT2D eigenvalue weighted by molar-refractivity contribution is -0.132. The molecule has 1 saturated heterocycles. The maximum Gasteiger partial charge on any atom is 0.328 e. The van der Waals surface area contributed by atoms with E-state index in [4.69, 9.17) is 0 Å². The molecule has 0 saturated carbocycles. The predicted octanol–water partition coefficient (Wildman–Crippen LogP) is 1.54. The molecule has 1 aliphatic rings. The Bertz CT molecular complexity index is 1340. The number of hydrogen-bond donors (Lipinski definition) is 0. The summed E-state index contributed by atoms with van der Waals surface area (Å²) in [5, 5.41) is 0. The molecule has 1 fully saturated rings. The summed E-state index contributed by atoms with van der Waals surface area (Å²) in [6.07, 6.45) is 0.0825. The zero-order valence-electron chi connectivity index (χ0n) is 17.4. The highest BCUT2D eigenvalue weighted by Crippen LogP contribution is 2.22. The highest BCUT2D eigenvalue weighted by atomic mass is 32.2. The standard InChI is InChI=1S/C21H22F2N4O4S/c1-24-17-4-2-3-5-18(17)27(21(24)29)9-8-20(28)25-10-12-26(13-11-25)32(30,31)19-14-15(22)6-7-16(19)23/h2-7,14H,8-13H2,1H3. The molecule has 1 aromatic heterocycles. The highest BCUT2D eigenvalue weighted by molar-refractivity contribution is 7.89. The normalized spacial score (nSPS) is 15.4. The van der Waals surface area contributed by atoms with Gasteiger partial charge in [0.15, 0.2) is 0 Å². The van der Waals surface area contributed by atoms with Crippen molar-refractivity contribution in [1.82, 2.24) is 18.3 Å². The molecule has 0 bridgehead atoms. The lowest BCUT2D eigenvalue weighted by atomic mass is 10.3. The lowest BCUT2D eigenvalue weighted by Gasteiger charge is -2.34. The van der Waals surface area contributed by atoms with Gasteiger partial charge in [0.1, 0.15) is 16.5 Å². The Hall–Kier alpha value is -3.05. The summed E-state index contributed by atoms with van der Waals surface area (Å²) in [5.74, 6) is -2.08. The number of para-hydroxylation sites is 2. The van der Waals surface area contributed by atoms with E-state index in [0.717, 1.165) is 27.5 Å². The number of nitrogens with zero attached hydrogens (tertiary/aromatic N) is 4. The molecule has 0 radical (unpaired) electrons. The van der Waals surface area contributed by atoms with E-state index < -0.39 is 26.6 Å². The molecule has 11 heteroatoms. The minimum Gasteiger partial charge on any atom is -0.340 e. The molecule has 0 aliphatic carbocycles. The quantitative estimate of drug-likeness (QED) is 0.574. The first kappa shape index (κ1) is 22.2. The third kappa shape index (κ3) is 3.93. The summed E-state index contributed by atoms with van der Waals surface area (Å²) in [7, 11) is -2.54.